The van der Waals surface area contributed by atoms with Crippen LogP contribution in [0.15, 0.2) is 60.8 Å². The first-order valence-corrected chi connectivity index (χ1v) is 10.3. The molecule has 0 spiro atoms. The van der Waals surface area contributed by atoms with E-state index in [1.165, 1.54) is 12.1 Å². The van der Waals surface area contributed by atoms with E-state index in [1.807, 2.05) is 32.0 Å². The molecule has 1 atom stereocenters. The Bertz CT molecular complexity index is 1100. The van der Waals surface area contributed by atoms with Gasteiger partial charge >= 0.3 is 6.18 Å². The lowest BCUT2D eigenvalue weighted by Gasteiger charge is -2.23. The van der Waals surface area contributed by atoms with Crippen molar-refractivity contribution in [2.24, 2.45) is 5.92 Å². The zero-order valence-corrected chi connectivity index (χ0v) is 17.9. The first kappa shape index (κ1) is 23.5. The van der Waals surface area contributed by atoms with Crippen molar-refractivity contribution in [3.05, 3.63) is 72.2 Å². The normalized spacial score (nSPS) is 12.8. The maximum Gasteiger partial charge on any atom is 0.397 e. The Morgan fingerprint density at radius 3 is 2.47 bits per heavy atom. The van der Waals surface area contributed by atoms with Crippen LogP contribution in [0, 0.1) is 11.7 Å². The van der Waals surface area contributed by atoms with Crippen molar-refractivity contribution in [1.82, 2.24) is 15.1 Å². The van der Waals surface area contributed by atoms with Crippen LogP contribution in [0.25, 0.3) is 16.6 Å². The third-order valence-electron chi connectivity index (χ3n) is 5.14. The number of hydrogen-bond acceptors (Lipinski definition) is 2. The molecule has 1 unspecified atom stereocenters. The second kappa shape index (κ2) is 9.54. The van der Waals surface area contributed by atoms with E-state index in [9.17, 15) is 22.4 Å². The Kier molecular flexibility index (Phi) is 7.01. The first-order valence-electron chi connectivity index (χ1n) is 10.3. The molecule has 0 radical (unpaired) electrons. The highest BCUT2D eigenvalue weighted by Crippen LogP contribution is 2.32. The van der Waals surface area contributed by atoms with Gasteiger partial charge < -0.3 is 5.32 Å². The van der Waals surface area contributed by atoms with Crippen molar-refractivity contribution in [2.75, 3.05) is 6.54 Å². The molecule has 0 saturated heterocycles. The second-order valence-corrected chi connectivity index (χ2v) is 8.26. The number of carbonyl (C=O) groups excluding carboxylic acids is 1. The fourth-order valence-corrected chi connectivity index (χ4v) is 3.65. The average molecular weight is 447 g/mol. The van der Waals surface area contributed by atoms with Crippen molar-refractivity contribution in [2.45, 2.75) is 38.8 Å². The number of fused-ring (bicyclic) bond motifs is 1. The number of carbonyl (C=O) groups is 1. The number of nitrogens with one attached hydrogen (secondary N) is 1. The molecular weight excluding hydrogens is 422 g/mol. The maximum atomic E-state index is 13.2. The topological polar surface area (TPSA) is 46.9 Å². The minimum atomic E-state index is -4.54. The van der Waals surface area contributed by atoms with Gasteiger partial charge in [0.25, 0.3) is 0 Å². The molecule has 0 aliphatic heterocycles. The quantitative estimate of drug-likeness (QED) is 0.344. The van der Waals surface area contributed by atoms with E-state index in [4.69, 9.17) is 0 Å². The summed E-state index contributed by atoms with van der Waals surface area (Å²) in [6, 6.07) is 11.8. The molecule has 0 saturated carbocycles. The van der Waals surface area contributed by atoms with Crippen LogP contribution in [0.4, 0.5) is 17.6 Å². The molecule has 0 aliphatic carbocycles. The molecule has 4 nitrogen and oxygen atoms in total. The number of alkyl halides is 3. The predicted molar refractivity (Wildman–Crippen MR) is 116 cm³/mol. The summed E-state index contributed by atoms with van der Waals surface area (Å²) >= 11 is 0. The summed E-state index contributed by atoms with van der Waals surface area (Å²) < 4.78 is 52.2. The van der Waals surface area contributed by atoms with Crippen molar-refractivity contribution < 1.29 is 22.4 Å². The van der Waals surface area contributed by atoms with Gasteiger partial charge in [-0.25, -0.2) is 9.07 Å². The van der Waals surface area contributed by atoms with Gasteiger partial charge in [-0.1, -0.05) is 32.1 Å². The van der Waals surface area contributed by atoms with Gasteiger partial charge in [0, 0.05) is 17.8 Å². The number of aromatic nitrogens is 2. The molecule has 8 heteroatoms. The molecule has 3 aromatic rings. The summed E-state index contributed by atoms with van der Waals surface area (Å²) in [5.41, 5.74) is 3.15. The molecule has 3 rings (SSSR count). The Morgan fingerprint density at radius 2 is 1.84 bits per heavy atom. The van der Waals surface area contributed by atoms with E-state index in [0.29, 0.717) is 11.5 Å². The van der Waals surface area contributed by atoms with Crippen molar-refractivity contribution in [1.29, 1.82) is 0 Å². The van der Waals surface area contributed by atoms with Crippen molar-refractivity contribution in [3.63, 3.8) is 0 Å². The van der Waals surface area contributed by atoms with E-state index in [0.717, 1.165) is 28.6 Å². The molecule has 1 N–H and O–H groups in total. The van der Waals surface area contributed by atoms with Gasteiger partial charge in [0.2, 0.25) is 5.91 Å². The summed E-state index contributed by atoms with van der Waals surface area (Å²) in [6.45, 7) is 8.11. The lowest BCUT2D eigenvalue weighted by atomic mass is 9.84. The Morgan fingerprint density at radius 1 is 1.16 bits per heavy atom. The first-order chi connectivity index (χ1) is 15.0. The molecular formula is C24H25F4N3O. The summed E-state index contributed by atoms with van der Waals surface area (Å²) in [7, 11) is 0. The van der Waals surface area contributed by atoms with Crippen molar-refractivity contribution in [3.8, 4) is 5.69 Å². The zero-order valence-electron chi connectivity index (χ0n) is 17.9. The number of halogens is 4. The molecule has 0 aliphatic rings. The summed E-state index contributed by atoms with van der Waals surface area (Å²) in [4.78, 5) is 11.6. The minimum Gasteiger partial charge on any atom is -0.352 e. The molecule has 1 amide bonds. The predicted octanol–water partition coefficient (Wildman–Crippen LogP) is 5.92. The number of benzene rings is 2. The smallest absolute Gasteiger partial charge is 0.352 e. The number of hydrogen-bond donors (Lipinski definition) is 1. The minimum absolute atomic E-state index is 0.0286. The van der Waals surface area contributed by atoms with E-state index in [1.54, 1.807) is 23.0 Å². The molecule has 1 aromatic heterocycles. The van der Waals surface area contributed by atoms with Crippen LogP contribution >= 0.6 is 0 Å². The second-order valence-electron chi connectivity index (χ2n) is 8.26. The Balaban J connectivity index is 1.82. The fourth-order valence-electron chi connectivity index (χ4n) is 3.65. The van der Waals surface area contributed by atoms with Crippen LogP contribution in [-0.4, -0.2) is 28.4 Å². The van der Waals surface area contributed by atoms with Crippen LogP contribution < -0.4 is 5.32 Å². The largest absolute Gasteiger partial charge is 0.397 e. The molecule has 2 aromatic carbocycles. The van der Waals surface area contributed by atoms with Crippen LogP contribution in [0.1, 0.15) is 38.2 Å². The lowest BCUT2D eigenvalue weighted by Crippen LogP contribution is -2.31. The third kappa shape index (κ3) is 5.96. The Hall–Kier alpha value is -3.16. The highest BCUT2D eigenvalue weighted by Gasteiger charge is 2.31. The molecule has 0 fully saturated rings. The molecule has 32 heavy (non-hydrogen) atoms. The molecule has 1 heterocycles. The van der Waals surface area contributed by atoms with E-state index < -0.39 is 18.5 Å². The lowest BCUT2D eigenvalue weighted by molar-refractivity contribution is -0.153. The summed E-state index contributed by atoms with van der Waals surface area (Å²) in [5, 5.41) is 7.60. The van der Waals surface area contributed by atoms with E-state index >= 15 is 0 Å². The highest BCUT2D eigenvalue weighted by molar-refractivity contribution is 5.81. The zero-order chi connectivity index (χ0) is 23.5. The number of rotatable bonds is 8. The van der Waals surface area contributed by atoms with Crippen molar-refractivity contribution >= 4 is 16.8 Å². The van der Waals surface area contributed by atoms with Crippen LogP contribution in [0.5, 0.6) is 0 Å². The fraction of sp³-hybridized carbons (Fsp3) is 0.333. The monoisotopic (exact) mass is 447 g/mol. The molecule has 0 bridgehead atoms. The van der Waals surface area contributed by atoms with Gasteiger partial charge in [0.15, 0.2) is 0 Å². The number of amides is 1. The summed E-state index contributed by atoms with van der Waals surface area (Å²) in [6.07, 6.45) is -3.61. The SMILES string of the molecule is C=C(CNC(=O)CC(F)(F)F)C(CC(C)C)c1ccc2c(cnn2-c2ccc(F)cc2)c1. The standard InChI is InChI=1S/C24H25F4N3O/c1-15(2)10-21(16(3)13-29-23(32)12-24(26,27)28)17-4-9-22-18(11-17)14-30-31(22)20-7-5-19(25)6-8-20/h4-9,11,14-15,21H,3,10,12-13H2,1-2H3,(H,29,32). The molecule has 170 valence electrons. The summed E-state index contributed by atoms with van der Waals surface area (Å²) in [5.74, 6) is -1.23. The Labute approximate surface area is 183 Å². The van der Waals surface area contributed by atoms with Gasteiger partial charge in [-0.05, 0) is 54.3 Å². The highest BCUT2D eigenvalue weighted by atomic mass is 19.4. The average Bonchev–Trinajstić information content (AvgIpc) is 3.12. The van der Waals surface area contributed by atoms with Crippen LogP contribution in [0.3, 0.4) is 0 Å². The van der Waals surface area contributed by atoms with Gasteiger partial charge in [-0.3, -0.25) is 4.79 Å². The van der Waals surface area contributed by atoms with Crippen LogP contribution in [-0.2, 0) is 4.79 Å². The van der Waals surface area contributed by atoms with Gasteiger partial charge in [-0.2, -0.15) is 18.3 Å². The number of nitrogens with zero attached hydrogens (tertiary/aromatic N) is 2. The van der Waals surface area contributed by atoms with E-state index in [2.05, 4.69) is 17.0 Å². The van der Waals surface area contributed by atoms with Gasteiger partial charge in [0.05, 0.1) is 17.4 Å². The van der Waals surface area contributed by atoms with Crippen LogP contribution in [0.2, 0.25) is 0 Å². The third-order valence-corrected chi connectivity index (χ3v) is 5.14. The van der Waals surface area contributed by atoms with Gasteiger partial charge in [0.1, 0.15) is 12.2 Å². The van der Waals surface area contributed by atoms with E-state index in [-0.39, 0.29) is 18.3 Å². The maximum absolute atomic E-state index is 13.2. The van der Waals surface area contributed by atoms with Gasteiger partial charge in [-0.15, -0.1) is 0 Å².